The molecule has 0 bridgehead atoms. The number of carbonyl (C=O) groups excluding carboxylic acids is 2. The van der Waals surface area contributed by atoms with Gasteiger partial charge >= 0.3 is 0 Å². The molecule has 0 aromatic heterocycles. The second-order valence-corrected chi connectivity index (χ2v) is 4.95. The zero-order valence-corrected chi connectivity index (χ0v) is 11.1. The predicted molar refractivity (Wildman–Crippen MR) is 72.5 cm³/mol. The van der Waals surface area contributed by atoms with Gasteiger partial charge in [0.15, 0.2) is 12.9 Å². The summed E-state index contributed by atoms with van der Waals surface area (Å²) in [6.45, 7) is 1.82. The van der Waals surface area contributed by atoms with Gasteiger partial charge in [0, 0.05) is 6.04 Å². The molecular weight excluding hydrogens is 242 g/mol. The third kappa shape index (κ3) is 3.56. The van der Waals surface area contributed by atoms with Crippen molar-refractivity contribution < 1.29 is 14.3 Å². The number of aldehydes is 1. The monoisotopic (exact) mass is 261 g/mol. The summed E-state index contributed by atoms with van der Waals surface area (Å²) >= 11 is 0. The molecule has 4 heteroatoms. The van der Waals surface area contributed by atoms with Crippen LogP contribution in [-0.2, 0) is 4.79 Å². The Morgan fingerprint density at radius 2 is 2.16 bits per heavy atom. The fraction of sp³-hybridized carbons (Fsp3) is 0.467. The fourth-order valence-electron chi connectivity index (χ4n) is 2.44. The zero-order valence-electron chi connectivity index (χ0n) is 11.1. The minimum Gasteiger partial charge on any atom is -0.483 e. The molecule has 1 aromatic carbocycles. The van der Waals surface area contributed by atoms with Gasteiger partial charge in [0.1, 0.15) is 5.75 Å². The highest BCUT2D eigenvalue weighted by atomic mass is 16.5. The second-order valence-electron chi connectivity index (χ2n) is 4.95. The molecular formula is C15H19NO3. The predicted octanol–water partition coefficient (Wildman–Crippen LogP) is 2.25. The van der Waals surface area contributed by atoms with E-state index in [9.17, 15) is 9.59 Å². The number of nitrogens with one attached hydrogen (secondary N) is 1. The van der Waals surface area contributed by atoms with Gasteiger partial charge in [-0.15, -0.1) is 0 Å². The summed E-state index contributed by atoms with van der Waals surface area (Å²) in [7, 11) is 0. The first-order chi connectivity index (χ1) is 9.20. The van der Waals surface area contributed by atoms with Crippen molar-refractivity contribution in [1.82, 2.24) is 5.32 Å². The van der Waals surface area contributed by atoms with Crippen LogP contribution in [0.4, 0.5) is 0 Å². The van der Waals surface area contributed by atoms with Crippen molar-refractivity contribution in [2.45, 2.75) is 38.6 Å². The first-order valence-electron chi connectivity index (χ1n) is 6.67. The van der Waals surface area contributed by atoms with Gasteiger partial charge < -0.3 is 10.1 Å². The van der Waals surface area contributed by atoms with Gasteiger partial charge in [0.05, 0.1) is 5.56 Å². The molecule has 1 fully saturated rings. The molecule has 0 radical (unpaired) electrons. The molecule has 4 nitrogen and oxygen atoms in total. The van der Waals surface area contributed by atoms with Gasteiger partial charge in [-0.05, 0) is 31.4 Å². The molecule has 0 spiro atoms. The lowest BCUT2D eigenvalue weighted by molar-refractivity contribution is -0.123. The van der Waals surface area contributed by atoms with E-state index >= 15 is 0 Å². The van der Waals surface area contributed by atoms with Gasteiger partial charge in [0.2, 0.25) is 0 Å². The summed E-state index contributed by atoms with van der Waals surface area (Å²) in [5.74, 6) is 0.381. The SMILES string of the molecule is Cc1cccc(C=O)c1OCC(=O)NC1CCCC1. The molecule has 0 atom stereocenters. The number of aryl methyl sites for hydroxylation is 1. The average molecular weight is 261 g/mol. The van der Waals surface area contributed by atoms with Gasteiger partial charge in [-0.25, -0.2) is 0 Å². The van der Waals surface area contributed by atoms with Crippen molar-refractivity contribution >= 4 is 12.2 Å². The maximum atomic E-state index is 11.8. The molecule has 0 saturated heterocycles. The maximum absolute atomic E-state index is 11.8. The number of rotatable bonds is 5. The van der Waals surface area contributed by atoms with E-state index in [0.717, 1.165) is 24.7 Å². The van der Waals surface area contributed by atoms with Crippen molar-refractivity contribution in [3.63, 3.8) is 0 Å². The van der Waals surface area contributed by atoms with Crippen molar-refractivity contribution in [2.24, 2.45) is 0 Å². The third-order valence-electron chi connectivity index (χ3n) is 3.44. The third-order valence-corrected chi connectivity index (χ3v) is 3.44. The fourth-order valence-corrected chi connectivity index (χ4v) is 2.44. The molecule has 0 aliphatic heterocycles. The molecule has 1 aliphatic carbocycles. The number of carbonyl (C=O) groups is 2. The standard InChI is InChI=1S/C15H19NO3/c1-11-5-4-6-12(9-17)15(11)19-10-14(18)16-13-7-2-3-8-13/h4-6,9,13H,2-3,7-8,10H2,1H3,(H,16,18). The second kappa shape index (κ2) is 6.36. The van der Waals surface area contributed by atoms with E-state index in [1.54, 1.807) is 12.1 Å². The quantitative estimate of drug-likeness (QED) is 0.827. The molecule has 1 saturated carbocycles. The van der Waals surface area contributed by atoms with Crippen molar-refractivity contribution in [3.8, 4) is 5.75 Å². The molecule has 1 aliphatic rings. The van der Waals surface area contributed by atoms with Crippen LogP contribution in [0, 0.1) is 6.92 Å². The van der Waals surface area contributed by atoms with Crippen molar-refractivity contribution in [1.29, 1.82) is 0 Å². The van der Waals surface area contributed by atoms with E-state index in [2.05, 4.69) is 5.32 Å². The van der Waals surface area contributed by atoms with E-state index in [1.807, 2.05) is 13.0 Å². The molecule has 19 heavy (non-hydrogen) atoms. The van der Waals surface area contributed by atoms with Crippen LogP contribution >= 0.6 is 0 Å². The van der Waals surface area contributed by atoms with Crippen molar-refractivity contribution in [3.05, 3.63) is 29.3 Å². The Morgan fingerprint density at radius 3 is 2.84 bits per heavy atom. The van der Waals surface area contributed by atoms with E-state index < -0.39 is 0 Å². The van der Waals surface area contributed by atoms with Crippen LogP contribution in [0.25, 0.3) is 0 Å². The Kier molecular flexibility index (Phi) is 4.55. The highest BCUT2D eigenvalue weighted by Gasteiger charge is 2.17. The van der Waals surface area contributed by atoms with E-state index in [0.29, 0.717) is 17.4 Å². The Hall–Kier alpha value is -1.84. The van der Waals surface area contributed by atoms with Crippen LogP contribution in [0.15, 0.2) is 18.2 Å². The highest BCUT2D eigenvalue weighted by Crippen LogP contribution is 2.22. The van der Waals surface area contributed by atoms with E-state index in [4.69, 9.17) is 4.74 Å². The minimum atomic E-state index is -0.119. The van der Waals surface area contributed by atoms with E-state index in [1.165, 1.54) is 12.8 Å². The summed E-state index contributed by atoms with van der Waals surface area (Å²) in [4.78, 5) is 22.7. The molecule has 0 heterocycles. The minimum absolute atomic E-state index is 0.0395. The number of ether oxygens (including phenoxy) is 1. The van der Waals surface area contributed by atoms with Crippen LogP contribution in [0.5, 0.6) is 5.75 Å². The molecule has 1 aromatic rings. The number of amides is 1. The lowest BCUT2D eigenvalue weighted by Gasteiger charge is -2.14. The summed E-state index contributed by atoms with van der Waals surface area (Å²) in [6, 6.07) is 5.63. The van der Waals surface area contributed by atoms with Gasteiger partial charge in [-0.1, -0.05) is 25.0 Å². The lowest BCUT2D eigenvalue weighted by atomic mass is 10.1. The smallest absolute Gasteiger partial charge is 0.258 e. The van der Waals surface area contributed by atoms with Crippen LogP contribution < -0.4 is 10.1 Å². The molecule has 2 rings (SSSR count). The Morgan fingerprint density at radius 1 is 1.42 bits per heavy atom. The van der Waals surface area contributed by atoms with Crippen LogP contribution in [0.1, 0.15) is 41.6 Å². The largest absolute Gasteiger partial charge is 0.483 e. The zero-order chi connectivity index (χ0) is 13.7. The molecule has 1 N–H and O–H groups in total. The summed E-state index contributed by atoms with van der Waals surface area (Å²) < 4.78 is 5.49. The Balaban J connectivity index is 1.91. The maximum Gasteiger partial charge on any atom is 0.258 e. The summed E-state index contributed by atoms with van der Waals surface area (Å²) in [5.41, 5.74) is 1.34. The highest BCUT2D eigenvalue weighted by molar-refractivity contribution is 5.81. The number of para-hydroxylation sites is 1. The normalized spacial score (nSPS) is 15.2. The van der Waals surface area contributed by atoms with Crippen LogP contribution in [0.3, 0.4) is 0 Å². The van der Waals surface area contributed by atoms with Crippen molar-refractivity contribution in [2.75, 3.05) is 6.61 Å². The number of hydrogen-bond acceptors (Lipinski definition) is 3. The van der Waals surface area contributed by atoms with E-state index in [-0.39, 0.29) is 12.5 Å². The van der Waals surface area contributed by atoms with Gasteiger partial charge in [0.25, 0.3) is 5.91 Å². The average Bonchev–Trinajstić information content (AvgIpc) is 2.89. The molecule has 1 amide bonds. The molecule has 102 valence electrons. The lowest BCUT2D eigenvalue weighted by Crippen LogP contribution is -2.36. The summed E-state index contributed by atoms with van der Waals surface area (Å²) in [6.07, 6.45) is 5.21. The van der Waals surface area contributed by atoms with Crippen LogP contribution in [0.2, 0.25) is 0 Å². The van der Waals surface area contributed by atoms with Gasteiger partial charge in [-0.3, -0.25) is 9.59 Å². The number of benzene rings is 1. The molecule has 0 unspecified atom stereocenters. The number of hydrogen-bond donors (Lipinski definition) is 1. The van der Waals surface area contributed by atoms with Crippen LogP contribution in [-0.4, -0.2) is 24.8 Å². The Bertz CT molecular complexity index is 464. The first kappa shape index (κ1) is 13.6. The topological polar surface area (TPSA) is 55.4 Å². The first-order valence-corrected chi connectivity index (χ1v) is 6.67. The summed E-state index contributed by atoms with van der Waals surface area (Å²) in [5, 5.41) is 2.95. The Labute approximate surface area is 113 Å². The van der Waals surface area contributed by atoms with Gasteiger partial charge in [-0.2, -0.15) is 0 Å².